The van der Waals surface area contributed by atoms with Crippen LogP contribution < -0.4 is 5.32 Å². The van der Waals surface area contributed by atoms with Crippen molar-refractivity contribution in [1.29, 1.82) is 0 Å². The maximum absolute atomic E-state index is 12.1. The van der Waals surface area contributed by atoms with Gasteiger partial charge in [-0.3, -0.25) is 4.79 Å². The van der Waals surface area contributed by atoms with E-state index in [1.807, 2.05) is 0 Å². The number of amides is 1. The number of nitrogens with one attached hydrogen (secondary N) is 1. The minimum Gasteiger partial charge on any atom is -0.391 e. The van der Waals surface area contributed by atoms with Gasteiger partial charge in [-0.15, -0.1) is 0 Å². The van der Waals surface area contributed by atoms with Crippen molar-refractivity contribution in [3.05, 3.63) is 35.4 Å². The Balaban J connectivity index is 1.98. The fourth-order valence-electron chi connectivity index (χ4n) is 2.38. The van der Waals surface area contributed by atoms with Crippen LogP contribution in [-0.2, 0) is 0 Å². The number of carbonyl (C=O) groups excluding carboxylic acids is 1. The molecule has 1 aliphatic rings. The highest BCUT2D eigenvalue weighted by Crippen LogP contribution is 2.18. The smallest absolute Gasteiger partial charge is 0.251 e. The van der Waals surface area contributed by atoms with Gasteiger partial charge in [-0.2, -0.15) is 0 Å². The lowest BCUT2D eigenvalue weighted by molar-refractivity contribution is 0.0717. The molecule has 4 heteroatoms. The van der Waals surface area contributed by atoms with Crippen molar-refractivity contribution >= 4 is 5.91 Å². The Hall–Kier alpha value is -1.83. The monoisotopic (exact) mass is 273 g/mol. The van der Waals surface area contributed by atoms with E-state index in [2.05, 4.69) is 17.2 Å². The summed E-state index contributed by atoms with van der Waals surface area (Å²) in [7, 11) is 0. The Morgan fingerprint density at radius 2 is 1.95 bits per heavy atom. The number of aliphatic hydroxyl groups is 2. The summed E-state index contributed by atoms with van der Waals surface area (Å²) in [6, 6.07) is 6.74. The van der Waals surface area contributed by atoms with E-state index < -0.39 is 6.10 Å². The molecule has 1 aromatic carbocycles. The number of rotatable bonds is 2. The van der Waals surface area contributed by atoms with Gasteiger partial charge in [-0.1, -0.05) is 24.7 Å². The molecule has 0 heterocycles. The van der Waals surface area contributed by atoms with E-state index in [0.29, 0.717) is 5.56 Å². The lowest BCUT2D eigenvalue weighted by atomic mass is 9.92. The summed E-state index contributed by atoms with van der Waals surface area (Å²) in [6.07, 6.45) is 3.19. The van der Waals surface area contributed by atoms with Crippen LogP contribution in [0.1, 0.15) is 41.6 Å². The van der Waals surface area contributed by atoms with Crippen molar-refractivity contribution in [3.8, 4) is 11.8 Å². The molecule has 1 amide bonds. The van der Waals surface area contributed by atoms with E-state index in [1.165, 1.54) is 0 Å². The van der Waals surface area contributed by atoms with E-state index in [0.717, 1.165) is 31.2 Å². The molecular weight excluding hydrogens is 254 g/mol. The van der Waals surface area contributed by atoms with Gasteiger partial charge < -0.3 is 15.5 Å². The molecule has 0 radical (unpaired) electrons. The molecule has 0 aliphatic heterocycles. The molecule has 1 saturated carbocycles. The fraction of sp³-hybridized carbons (Fsp3) is 0.438. The van der Waals surface area contributed by atoms with Gasteiger partial charge in [0, 0.05) is 11.1 Å². The highest BCUT2D eigenvalue weighted by Gasteiger charge is 2.24. The van der Waals surface area contributed by atoms with Crippen LogP contribution in [0.25, 0.3) is 0 Å². The van der Waals surface area contributed by atoms with Crippen LogP contribution in [0, 0.1) is 11.8 Å². The van der Waals surface area contributed by atoms with Gasteiger partial charge in [0.25, 0.3) is 5.91 Å². The zero-order valence-electron chi connectivity index (χ0n) is 11.3. The van der Waals surface area contributed by atoms with E-state index in [1.54, 1.807) is 24.3 Å². The minimum atomic E-state index is -0.442. The number of hydrogen-bond acceptors (Lipinski definition) is 3. The van der Waals surface area contributed by atoms with Gasteiger partial charge >= 0.3 is 0 Å². The van der Waals surface area contributed by atoms with Crippen LogP contribution in [0.5, 0.6) is 0 Å². The fourth-order valence-corrected chi connectivity index (χ4v) is 2.38. The highest BCUT2D eigenvalue weighted by atomic mass is 16.3. The molecule has 1 fully saturated rings. The highest BCUT2D eigenvalue weighted by molar-refractivity contribution is 5.94. The molecule has 0 saturated heterocycles. The van der Waals surface area contributed by atoms with Crippen LogP contribution in [0.3, 0.4) is 0 Å². The van der Waals surface area contributed by atoms with Crippen molar-refractivity contribution in [3.63, 3.8) is 0 Å². The Morgan fingerprint density at radius 1 is 1.25 bits per heavy atom. The van der Waals surface area contributed by atoms with Crippen LogP contribution in [0.2, 0.25) is 0 Å². The second-order valence-corrected chi connectivity index (χ2v) is 4.97. The Labute approximate surface area is 118 Å². The first kappa shape index (κ1) is 14.6. The molecule has 0 aromatic heterocycles. The molecule has 3 N–H and O–H groups in total. The first-order chi connectivity index (χ1) is 9.70. The summed E-state index contributed by atoms with van der Waals surface area (Å²) in [5.41, 5.74) is 1.31. The molecule has 0 bridgehead atoms. The molecule has 1 aliphatic carbocycles. The topological polar surface area (TPSA) is 69.6 Å². The van der Waals surface area contributed by atoms with E-state index in [-0.39, 0.29) is 18.6 Å². The van der Waals surface area contributed by atoms with Gasteiger partial charge in [0.1, 0.15) is 6.61 Å². The predicted octanol–water partition coefficient (Wildman–Crippen LogP) is 1.06. The Morgan fingerprint density at radius 3 is 2.60 bits per heavy atom. The Bertz CT molecular complexity index is 513. The van der Waals surface area contributed by atoms with Crippen LogP contribution >= 0.6 is 0 Å². The maximum atomic E-state index is 12.1. The summed E-state index contributed by atoms with van der Waals surface area (Å²) in [6.45, 7) is -0.179. The third kappa shape index (κ3) is 3.83. The normalized spacial score (nSPS) is 21.7. The quantitative estimate of drug-likeness (QED) is 0.706. The van der Waals surface area contributed by atoms with Crippen LogP contribution in [-0.4, -0.2) is 34.9 Å². The third-order valence-corrected chi connectivity index (χ3v) is 3.50. The molecule has 0 spiro atoms. The Kier molecular flexibility index (Phi) is 5.16. The second kappa shape index (κ2) is 7.09. The van der Waals surface area contributed by atoms with Crippen LogP contribution in [0.15, 0.2) is 24.3 Å². The van der Waals surface area contributed by atoms with Gasteiger partial charge in [0.15, 0.2) is 0 Å². The standard InChI is InChI=1S/C16H19NO3/c18-11-3-4-12-7-9-13(10-8-12)16(20)17-14-5-1-2-6-15(14)19/h7-10,14-15,18-19H,1-2,5-6,11H2,(H,17,20). The van der Waals surface area contributed by atoms with Crippen molar-refractivity contribution in [1.82, 2.24) is 5.32 Å². The number of benzene rings is 1. The van der Waals surface area contributed by atoms with E-state index >= 15 is 0 Å². The molecule has 4 nitrogen and oxygen atoms in total. The lowest BCUT2D eigenvalue weighted by Crippen LogP contribution is -2.45. The molecular formula is C16H19NO3. The largest absolute Gasteiger partial charge is 0.391 e. The first-order valence-electron chi connectivity index (χ1n) is 6.89. The summed E-state index contributed by atoms with van der Waals surface area (Å²) in [5.74, 6) is 5.16. The maximum Gasteiger partial charge on any atom is 0.251 e. The van der Waals surface area contributed by atoms with Gasteiger partial charge in [0.05, 0.1) is 12.1 Å². The summed E-state index contributed by atoms with van der Waals surface area (Å²) >= 11 is 0. The molecule has 106 valence electrons. The average Bonchev–Trinajstić information content (AvgIpc) is 2.48. The van der Waals surface area contributed by atoms with Crippen molar-refractivity contribution in [2.45, 2.75) is 37.8 Å². The minimum absolute atomic E-state index is 0.148. The third-order valence-electron chi connectivity index (χ3n) is 3.50. The van der Waals surface area contributed by atoms with Gasteiger partial charge in [-0.05, 0) is 37.1 Å². The number of aliphatic hydroxyl groups excluding tert-OH is 2. The zero-order valence-corrected chi connectivity index (χ0v) is 11.3. The average molecular weight is 273 g/mol. The van der Waals surface area contributed by atoms with Gasteiger partial charge in [-0.25, -0.2) is 0 Å². The molecule has 1 aromatic rings. The summed E-state index contributed by atoms with van der Waals surface area (Å²) in [4.78, 5) is 12.1. The predicted molar refractivity (Wildman–Crippen MR) is 76.1 cm³/mol. The number of carbonyl (C=O) groups is 1. The molecule has 2 rings (SSSR count). The van der Waals surface area contributed by atoms with Crippen LogP contribution in [0.4, 0.5) is 0 Å². The molecule has 2 unspecified atom stereocenters. The zero-order chi connectivity index (χ0) is 14.4. The van der Waals surface area contributed by atoms with Crippen molar-refractivity contribution in [2.75, 3.05) is 6.61 Å². The molecule has 2 atom stereocenters. The van der Waals surface area contributed by atoms with Gasteiger partial charge in [0.2, 0.25) is 0 Å². The molecule has 20 heavy (non-hydrogen) atoms. The second-order valence-electron chi connectivity index (χ2n) is 4.97. The van der Waals surface area contributed by atoms with Crippen molar-refractivity contribution in [2.24, 2.45) is 0 Å². The summed E-state index contributed by atoms with van der Waals surface area (Å²) < 4.78 is 0. The number of hydrogen-bond donors (Lipinski definition) is 3. The summed E-state index contributed by atoms with van der Waals surface area (Å²) in [5, 5.41) is 21.3. The van der Waals surface area contributed by atoms with E-state index in [9.17, 15) is 9.90 Å². The van der Waals surface area contributed by atoms with Crippen molar-refractivity contribution < 1.29 is 15.0 Å². The lowest BCUT2D eigenvalue weighted by Gasteiger charge is -2.28. The van der Waals surface area contributed by atoms with E-state index in [4.69, 9.17) is 5.11 Å². The SMILES string of the molecule is O=C(NC1CCCCC1O)c1ccc(C#CCO)cc1. The first-order valence-corrected chi connectivity index (χ1v) is 6.89.